The third-order valence-corrected chi connectivity index (χ3v) is 4.32. The molecule has 0 aliphatic carbocycles. The van der Waals surface area contributed by atoms with Crippen molar-refractivity contribution in [2.45, 2.75) is 26.9 Å². The predicted octanol–water partition coefficient (Wildman–Crippen LogP) is 2.03. The second-order valence-corrected chi connectivity index (χ2v) is 5.90. The molecule has 1 unspecified atom stereocenters. The van der Waals surface area contributed by atoms with Crippen LogP contribution >= 0.6 is 0 Å². The minimum Gasteiger partial charge on any atom is -0.374 e. The lowest BCUT2D eigenvalue weighted by molar-refractivity contribution is -0.135. The molecule has 1 aromatic rings. The van der Waals surface area contributed by atoms with Crippen LogP contribution in [0.25, 0.3) is 0 Å². The minimum absolute atomic E-state index is 0.119. The van der Waals surface area contributed by atoms with E-state index in [2.05, 4.69) is 5.32 Å². The number of amides is 4. The number of hydrogen-bond donors (Lipinski definition) is 1. The first-order valence-electron chi connectivity index (χ1n) is 8.67. The highest BCUT2D eigenvalue weighted by molar-refractivity contribution is 6.28. The van der Waals surface area contributed by atoms with Gasteiger partial charge in [0.25, 0.3) is 11.8 Å². The molecule has 1 aliphatic rings. The van der Waals surface area contributed by atoms with Crippen molar-refractivity contribution in [3.8, 4) is 0 Å². The number of carbonyl (C=O) groups excluding carboxylic acids is 4. The maximum atomic E-state index is 12.4. The van der Waals surface area contributed by atoms with Gasteiger partial charge in [-0.15, -0.1) is 0 Å². The third-order valence-electron chi connectivity index (χ3n) is 4.32. The molecule has 0 radical (unpaired) electrons. The lowest BCUT2D eigenvalue weighted by Gasteiger charge is -2.32. The van der Waals surface area contributed by atoms with Gasteiger partial charge in [-0.2, -0.15) is 0 Å². The van der Waals surface area contributed by atoms with E-state index in [4.69, 9.17) is 4.74 Å². The van der Waals surface area contributed by atoms with Crippen LogP contribution in [-0.4, -0.2) is 59.7 Å². The topological polar surface area (TPSA) is 96.0 Å². The number of nitrogens with zero attached hydrogens (tertiary/aromatic N) is 2. The highest BCUT2D eigenvalue weighted by Crippen LogP contribution is 2.18. The number of likely N-dealkylation sites (N-methyl/N-ethyl adjacent to an activating group) is 2. The van der Waals surface area contributed by atoms with Crippen molar-refractivity contribution in [1.29, 1.82) is 0 Å². The molecule has 8 heteroatoms. The fourth-order valence-electron chi connectivity index (χ4n) is 2.61. The molecule has 0 aromatic heterocycles. The van der Waals surface area contributed by atoms with Crippen LogP contribution in [0.15, 0.2) is 36.0 Å². The normalized spacial score (nSPS) is 15.9. The van der Waals surface area contributed by atoms with Crippen LogP contribution in [0.5, 0.6) is 0 Å². The molecule has 0 saturated carbocycles. The number of urea groups is 1. The summed E-state index contributed by atoms with van der Waals surface area (Å²) in [6.45, 7) is 5.35. The first kappa shape index (κ1) is 20.3. The maximum absolute atomic E-state index is 12.4. The zero-order chi connectivity index (χ0) is 20.1. The Labute approximate surface area is 157 Å². The van der Waals surface area contributed by atoms with Crippen molar-refractivity contribution in [3.05, 3.63) is 41.6 Å². The standard InChI is InChI=1S/C19H23N3O5/c1-5-21-17(24)15(18(25)22(6-2)19(21)26)11-20-14-9-7-13(8-10-14)16(23)12(3)27-4/h7-12,20H,5-6H2,1-4H3. The summed E-state index contributed by atoms with van der Waals surface area (Å²) in [5, 5.41) is 2.88. The molecule has 8 nitrogen and oxygen atoms in total. The van der Waals surface area contributed by atoms with Crippen molar-refractivity contribution in [2.24, 2.45) is 0 Å². The number of Topliss-reactive ketones (excluding diaryl/α,β-unsaturated/α-hetero) is 1. The summed E-state index contributed by atoms with van der Waals surface area (Å²) in [7, 11) is 1.47. The van der Waals surface area contributed by atoms with Gasteiger partial charge >= 0.3 is 6.03 Å². The Bertz CT molecular complexity index is 757. The van der Waals surface area contributed by atoms with E-state index >= 15 is 0 Å². The van der Waals surface area contributed by atoms with Gasteiger partial charge in [-0.25, -0.2) is 4.79 Å². The number of benzene rings is 1. The quantitative estimate of drug-likeness (QED) is 0.446. The van der Waals surface area contributed by atoms with E-state index in [0.29, 0.717) is 11.3 Å². The minimum atomic E-state index is -0.634. The SMILES string of the molecule is CCN1C(=O)C(=CNc2ccc(C(=O)C(C)OC)cc2)C(=O)N(CC)C1=O. The second-order valence-electron chi connectivity index (χ2n) is 5.90. The highest BCUT2D eigenvalue weighted by Gasteiger charge is 2.40. The van der Waals surface area contributed by atoms with Crippen molar-refractivity contribution in [3.63, 3.8) is 0 Å². The van der Waals surface area contributed by atoms with Crippen LogP contribution in [0.2, 0.25) is 0 Å². The van der Waals surface area contributed by atoms with E-state index in [1.807, 2.05) is 0 Å². The van der Waals surface area contributed by atoms with Crippen molar-refractivity contribution in [2.75, 3.05) is 25.5 Å². The molecule has 27 heavy (non-hydrogen) atoms. The zero-order valence-electron chi connectivity index (χ0n) is 15.8. The Morgan fingerprint density at radius 1 is 1.07 bits per heavy atom. The van der Waals surface area contributed by atoms with E-state index in [0.717, 1.165) is 9.80 Å². The van der Waals surface area contributed by atoms with E-state index in [9.17, 15) is 19.2 Å². The van der Waals surface area contributed by atoms with Crippen LogP contribution in [0, 0.1) is 0 Å². The average molecular weight is 373 g/mol. The Kier molecular flexibility index (Phi) is 6.46. The number of ketones is 1. The molecule has 1 aromatic carbocycles. The van der Waals surface area contributed by atoms with Gasteiger partial charge < -0.3 is 10.1 Å². The molecule has 0 spiro atoms. The number of ether oxygens (including phenoxy) is 1. The van der Waals surface area contributed by atoms with Crippen LogP contribution in [0.4, 0.5) is 10.5 Å². The number of nitrogens with one attached hydrogen (secondary N) is 1. The largest absolute Gasteiger partial charge is 0.374 e. The number of methoxy groups -OCH3 is 1. The number of imide groups is 2. The molecular weight excluding hydrogens is 350 g/mol. The molecule has 1 heterocycles. The fourth-order valence-corrected chi connectivity index (χ4v) is 2.61. The summed E-state index contributed by atoms with van der Waals surface area (Å²) in [4.78, 5) is 51.0. The lowest BCUT2D eigenvalue weighted by Crippen LogP contribution is -2.56. The number of rotatable bonds is 7. The monoisotopic (exact) mass is 373 g/mol. The summed E-state index contributed by atoms with van der Waals surface area (Å²) in [5.41, 5.74) is 0.964. The van der Waals surface area contributed by atoms with Gasteiger partial charge in [-0.05, 0) is 45.0 Å². The van der Waals surface area contributed by atoms with Gasteiger partial charge in [0.15, 0.2) is 5.78 Å². The van der Waals surface area contributed by atoms with Crippen molar-refractivity contribution >= 4 is 29.3 Å². The van der Waals surface area contributed by atoms with Crippen LogP contribution in [-0.2, 0) is 14.3 Å². The van der Waals surface area contributed by atoms with Crippen LogP contribution in [0.1, 0.15) is 31.1 Å². The van der Waals surface area contributed by atoms with Crippen molar-refractivity contribution in [1.82, 2.24) is 9.80 Å². The molecule has 2 rings (SSSR count). The van der Waals surface area contributed by atoms with Gasteiger partial charge in [0.1, 0.15) is 11.7 Å². The first-order valence-corrected chi connectivity index (χ1v) is 8.67. The molecule has 144 valence electrons. The van der Waals surface area contributed by atoms with E-state index < -0.39 is 23.9 Å². The summed E-state index contributed by atoms with van der Waals surface area (Å²) in [6.07, 6.45) is 0.748. The maximum Gasteiger partial charge on any atom is 0.333 e. The molecule has 4 amide bonds. The average Bonchev–Trinajstić information content (AvgIpc) is 2.67. The number of anilines is 1. The Morgan fingerprint density at radius 3 is 2.04 bits per heavy atom. The fraction of sp³-hybridized carbons (Fsp3) is 0.368. The van der Waals surface area contributed by atoms with E-state index in [-0.39, 0.29) is 24.4 Å². The molecule has 1 aliphatic heterocycles. The Balaban J connectivity index is 2.20. The Hall–Kier alpha value is -3.00. The molecule has 1 atom stereocenters. The summed E-state index contributed by atoms with van der Waals surface area (Å²) in [5.74, 6) is -1.41. The van der Waals surface area contributed by atoms with Crippen molar-refractivity contribution < 1.29 is 23.9 Å². The van der Waals surface area contributed by atoms with E-state index in [1.165, 1.54) is 13.3 Å². The summed E-state index contributed by atoms with van der Waals surface area (Å²) in [6, 6.07) is 5.96. The molecule has 1 fully saturated rings. The molecule has 1 N–H and O–H groups in total. The first-order chi connectivity index (χ1) is 12.8. The molecule has 0 bridgehead atoms. The molecular formula is C19H23N3O5. The van der Waals surface area contributed by atoms with Gasteiger partial charge in [-0.3, -0.25) is 24.2 Å². The molecule has 1 saturated heterocycles. The van der Waals surface area contributed by atoms with Gasteiger partial charge in [0, 0.05) is 37.7 Å². The summed E-state index contributed by atoms with van der Waals surface area (Å²) >= 11 is 0. The van der Waals surface area contributed by atoms with Gasteiger partial charge in [0.05, 0.1) is 0 Å². The Morgan fingerprint density at radius 2 is 1.59 bits per heavy atom. The second kappa shape index (κ2) is 8.59. The van der Waals surface area contributed by atoms with Crippen LogP contribution < -0.4 is 5.32 Å². The number of carbonyl (C=O) groups is 4. The number of hydrogen-bond acceptors (Lipinski definition) is 6. The lowest BCUT2D eigenvalue weighted by atomic mass is 10.1. The predicted molar refractivity (Wildman–Crippen MR) is 99.1 cm³/mol. The zero-order valence-corrected chi connectivity index (χ0v) is 15.8. The third kappa shape index (κ3) is 4.06. The van der Waals surface area contributed by atoms with Crippen LogP contribution in [0.3, 0.4) is 0 Å². The van der Waals surface area contributed by atoms with E-state index in [1.54, 1.807) is 45.0 Å². The highest BCUT2D eigenvalue weighted by atomic mass is 16.5. The van der Waals surface area contributed by atoms with Gasteiger partial charge in [-0.1, -0.05) is 0 Å². The number of barbiturate groups is 1. The summed E-state index contributed by atoms with van der Waals surface area (Å²) < 4.78 is 5.01. The smallest absolute Gasteiger partial charge is 0.333 e. The van der Waals surface area contributed by atoms with Gasteiger partial charge in [0.2, 0.25) is 0 Å².